The maximum Gasteiger partial charge on any atom is 0.193 e. The van der Waals surface area contributed by atoms with Gasteiger partial charge < -0.3 is 0 Å². The summed E-state index contributed by atoms with van der Waals surface area (Å²) in [6, 6.07) is 11.9. The van der Waals surface area contributed by atoms with E-state index >= 15 is 0 Å². The van der Waals surface area contributed by atoms with Crippen LogP contribution in [0.4, 0.5) is 0 Å². The Morgan fingerprint density at radius 2 is 1.29 bits per heavy atom. The summed E-state index contributed by atoms with van der Waals surface area (Å²) in [4.78, 5) is 11.7. The molecule has 0 saturated heterocycles. The van der Waals surface area contributed by atoms with E-state index in [-0.39, 0.29) is 5.43 Å². The zero-order valence-electron chi connectivity index (χ0n) is 7.53. The maximum absolute atomic E-state index is 11.7. The third-order valence-electron chi connectivity index (χ3n) is 2.58. The standard InChI is InChI=1S/C13H8O/c14-13-11-5-6-12(13)8-10-4-2-1-3-9(10)7-11/h1-8H. The Hall–Kier alpha value is -1.89. The first-order chi connectivity index (χ1) is 6.84. The van der Waals surface area contributed by atoms with E-state index in [1.54, 1.807) is 0 Å². The summed E-state index contributed by atoms with van der Waals surface area (Å²) in [5.74, 6) is 0. The fraction of sp³-hybridized carbons (Fsp3) is 0. The van der Waals surface area contributed by atoms with Crippen molar-refractivity contribution in [3.8, 4) is 0 Å². The summed E-state index contributed by atoms with van der Waals surface area (Å²) in [6.45, 7) is 0. The minimum absolute atomic E-state index is 0.140. The molecular formula is C13H8O. The smallest absolute Gasteiger partial charge is 0.193 e. The Kier molecular flexibility index (Phi) is 1.37. The van der Waals surface area contributed by atoms with E-state index in [0.717, 1.165) is 21.9 Å². The second kappa shape index (κ2) is 2.55. The minimum atomic E-state index is 0.140. The van der Waals surface area contributed by atoms with Crippen molar-refractivity contribution in [2.45, 2.75) is 0 Å². The monoisotopic (exact) mass is 180 g/mol. The summed E-state index contributed by atoms with van der Waals surface area (Å²) in [5.41, 5.74) is 1.73. The van der Waals surface area contributed by atoms with Gasteiger partial charge in [-0.1, -0.05) is 36.4 Å². The molecule has 2 aromatic rings. The molecule has 0 atom stereocenters. The van der Waals surface area contributed by atoms with Crippen molar-refractivity contribution in [1.82, 2.24) is 0 Å². The summed E-state index contributed by atoms with van der Waals surface area (Å²) < 4.78 is 0. The molecule has 0 aliphatic heterocycles. The van der Waals surface area contributed by atoms with Gasteiger partial charge in [-0.25, -0.2) is 0 Å². The van der Waals surface area contributed by atoms with Crippen molar-refractivity contribution in [3.63, 3.8) is 0 Å². The molecule has 2 bridgehead atoms. The van der Waals surface area contributed by atoms with Gasteiger partial charge in [0, 0.05) is 11.1 Å². The highest BCUT2D eigenvalue weighted by molar-refractivity contribution is 5.90. The van der Waals surface area contributed by atoms with E-state index in [2.05, 4.69) is 0 Å². The van der Waals surface area contributed by atoms with Crippen molar-refractivity contribution < 1.29 is 0 Å². The fourth-order valence-electron chi connectivity index (χ4n) is 1.83. The third-order valence-corrected chi connectivity index (χ3v) is 2.58. The summed E-state index contributed by atoms with van der Waals surface area (Å²) in [5, 5.41) is 2.24. The van der Waals surface area contributed by atoms with Crippen LogP contribution in [-0.4, -0.2) is 0 Å². The Balaban J connectivity index is 2.61. The zero-order valence-corrected chi connectivity index (χ0v) is 7.53. The van der Waals surface area contributed by atoms with Crippen LogP contribution in [0.1, 0.15) is 11.1 Å². The summed E-state index contributed by atoms with van der Waals surface area (Å²) >= 11 is 0. The molecule has 0 fully saturated rings. The molecule has 3 rings (SSSR count). The number of rotatable bonds is 0. The van der Waals surface area contributed by atoms with Gasteiger partial charge >= 0.3 is 0 Å². The van der Waals surface area contributed by atoms with Gasteiger partial charge in [-0.05, 0) is 22.9 Å². The Morgan fingerprint density at radius 1 is 0.786 bits per heavy atom. The average molecular weight is 180 g/mol. The van der Waals surface area contributed by atoms with Gasteiger partial charge in [0.25, 0.3) is 0 Å². The van der Waals surface area contributed by atoms with E-state index < -0.39 is 0 Å². The topological polar surface area (TPSA) is 17.1 Å². The van der Waals surface area contributed by atoms with Gasteiger partial charge in [0.15, 0.2) is 5.43 Å². The Labute approximate surface area is 81.3 Å². The normalized spacial score (nSPS) is 12.3. The van der Waals surface area contributed by atoms with Crippen molar-refractivity contribution >= 4 is 22.9 Å². The Bertz CT molecular complexity index is 558. The first-order valence-corrected chi connectivity index (χ1v) is 4.60. The number of hydrogen-bond acceptors (Lipinski definition) is 1. The first kappa shape index (κ1) is 7.51. The SMILES string of the molecule is O=c1c2cc3ccccc3cc1C=C2. The molecule has 14 heavy (non-hydrogen) atoms. The number of hydrogen-bond donors (Lipinski definition) is 0. The molecule has 0 amide bonds. The van der Waals surface area contributed by atoms with Crippen LogP contribution in [0.15, 0.2) is 41.2 Å². The molecule has 0 N–H and O–H groups in total. The molecule has 0 unspecified atom stereocenters. The summed E-state index contributed by atoms with van der Waals surface area (Å²) in [7, 11) is 0. The fourth-order valence-corrected chi connectivity index (χ4v) is 1.83. The van der Waals surface area contributed by atoms with Crippen molar-refractivity contribution in [3.05, 3.63) is 57.7 Å². The predicted octanol–water partition coefficient (Wildman–Crippen LogP) is 2.68. The van der Waals surface area contributed by atoms with Gasteiger partial charge in [-0.3, -0.25) is 4.79 Å². The molecule has 0 spiro atoms. The second-order valence-electron chi connectivity index (χ2n) is 3.49. The van der Waals surface area contributed by atoms with Crippen LogP contribution in [0.2, 0.25) is 0 Å². The highest BCUT2D eigenvalue weighted by Gasteiger charge is 2.06. The minimum Gasteiger partial charge on any atom is -0.289 e. The first-order valence-electron chi connectivity index (χ1n) is 4.60. The van der Waals surface area contributed by atoms with Crippen LogP contribution >= 0.6 is 0 Å². The molecule has 2 aromatic carbocycles. The molecule has 0 heterocycles. The van der Waals surface area contributed by atoms with Crippen molar-refractivity contribution in [1.29, 1.82) is 0 Å². The van der Waals surface area contributed by atoms with E-state index in [0.29, 0.717) is 0 Å². The van der Waals surface area contributed by atoms with Crippen LogP contribution in [0, 0.1) is 0 Å². The largest absolute Gasteiger partial charge is 0.289 e. The van der Waals surface area contributed by atoms with Crippen LogP contribution in [0.5, 0.6) is 0 Å². The highest BCUT2D eigenvalue weighted by atomic mass is 16.1. The van der Waals surface area contributed by atoms with Gasteiger partial charge in [-0.2, -0.15) is 0 Å². The molecule has 1 aliphatic rings. The van der Waals surface area contributed by atoms with Crippen LogP contribution < -0.4 is 5.43 Å². The molecule has 66 valence electrons. The molecule has 0 saturated carbocycles. The maximum atomic E-state index is 11.7. The lowest BCUT2D eigenvalue weighted by molar-refractivity contribution is 1.63. The number of benzene rings is 1. The number of fused-ring (bicyclic) bond motifs is 3. The van der Waals surface area contributed by atoms with Gasteiger partial charge in [0.1, 0.15) is 0 Å². The average Bonchev–Trinajstić information content (AvgIpc) is 2.44. The van der Waals surface area contributed by atoms with Crippen molar-refractivity contribution in [2.75, 3.05) is 0 Å². The quantitative estimate of drug-likeness (QED) is 0.519. The lowest BCUT2D eigenvalue weighted by Gasteiger charge is -1.91. The Morgan fingerprint density at radius 3 is 1.79 bits per heavy atom. The molecular weight excluding hydrogens is 172 g/mol. The van der Waals surface area contributed by atoms with Crippen molar-refractivity contribution in [2.24, 2.45) is 0 Å². The van der Waals surface area contributed by atoms with Crippen LogP contribution in [0.3, 0.4) is 0 Å². The summed E-state index contributed by atoms with van der Waals surface area (Å²) in [6.07, 6.45) is 3.76. The molecule has 0 radical (unpaired) electrons. The van der Waals surface area contributed by atoms with E-state index in [1.807, 2.05) is 48.6 Å². The highest BCUT2D eigenvalue weighted by Crippen LogP contribution is 2.18. The van der Waals surface area contributed by atoms with E-state index in [1.165, 1.54) is 0 Å². The second-order valence-corrected chi connectivity index (χ2v) is 3.49. The molecule has 1 heteroatoms. The molecule has 1 nitrogen and oxygen atoms in total. The van der Waals surface area contributed by atoms with E-state index in [4.69, 9.17) is 0 Å². The van der Waals surface area contributed by atoms with Gasteiger partial charge in [-0.15, -0.1) is 0 Å². The van der Waals surface area contributed by atoms with E-state index in [9.17, 15) is 4.79 Å². The zero-order chi connectivity index (χ0) is 9.54. The van der Waals surface area contributed by atoms with Crippen LogP contribution in [-0.2, 0) is 0 Å². The molecule has 1 aliphatic carbocycles. The van der Waals surface area contributed by atoms with Gasteiger partial charge in [0.2, 0.25) is 0 Å². The molecule has 0 aromatic heterocycles. The lowest BCUT2D eigenvalue weighted by Crippen LogP contribution is -1.98. The van der Waals surface area contributed by atoms with Crippen LogP contribution in [0.25, 0.3) is 22.9 Å². The van der Waals surface area contributed by atoms with Gasteiger partial charge in [0.05, 0.1) is 0 Å². The lowest BCUT2D eigenvalue weighted by atomic mass is 10.1. The predicted molar refractivity (Wildman–Crippen MR) is 59.1 cm³/mol. The third kappa shape index (κ3) is 0.925.